The van der Waals surface area contributed by atoms with Gasteiger partial charge >= 0.3 is 0 Å². The maximum Gasteiger partial charge on any atom is 0.209 e. The fourth-order valence-corrected chi connectivity index (χ4v) is 3.35. The number of piperazine rings is 1. The van der Waals surface area contributed by atoms with E-state index in [9.17, 15) is 0 Å². The van der Waals surface area contributed by atoms with Crippen molar-refractivity contribution in [1.29, 1.82) is 0 Å². The third kappa shape index (κ3) is 4.01. The van der Waals surface area contributed by atoms with Crippen LogP contribution in [0.4, 0.5) is 0 Å². The number of quaternary nitrogens is 2. The first-order valence-corrected chi connectivity index (χ1v) is 8.48. The van der Waals surface area contributed by atoms with Gasteiger partial charge in [0.2, 0.25) is 5.82 Å². The molecule has 1 aliphatic rings. The molecule has 0 amide bonds. The van der Waals surface area contributed by atoms with Crippen LogP contribution in [0.15, 0.2) is 0 Å². The predicted octanol–water partition coefficient (Wildman–Crippen LogP) is -0.855. The van der Waals surface area contributed by atoms with Crippen LogP contribution in [0.2, 0.25) is 0 Å². The molecule has 0 unspecified atom stereocenters. The molecule has 2 rings (SSSR count). The van der Waals surface area contributed by atoms with Gasteiger partial charge in [-0.25, -0.2) is 4.68 Å². The van der Waals surface area contributed by atoms with Gasteiger partial charge in [0.15, 0.2) is 6.04 Å². The molecule has 0 bridgehead atoms. The lowest BCUT2D eigenvalue weighted by molar-refractivity contribution is -1.03. The molecule has 21 heavy (non-hydrogen) atoms. The molecule has 120 valence electrons. The van der Waals surface area contributed by atoms with E-state index in [1.54, 1.807) is 9.80 Å². The Bertz CT molecular complexity index is 420. The quantitative estimate of drug-likeness (QED) is 0.719. The number of likely N-dealkylation sites (N-methyl/N-ethyl adjacent to an activating group) is 1. The van der Waals surface area contributed by atoms with Crippen LogP contribution in [-0.2, 0) is 0 Å². The molecule has 2 N–H and O–H groups in total. The van der Waals surface area contributed by atoms with Crippen LogP contribution in [0.3, 0.4) is 0 Å². The third-order valence-electron chi connectivity index (χ3n) is 4.62. The third-order valence-corrected chi connectivity index (χ3v) is 4.62. The van der Waals surface area contributed by atoms with E-state index in [1.807, 2.05) is 4.68 Å². The second-order valence-corrected chi connectivity index (χ2v) is 7.02. The smallest absolute Gasteiger partial charge is 0.209 e. The molecule has 6 nitrogen and oxygen atoms in total. The van der Waals surface area contributed by atoms with Crippen molar-refractivity contribution >= 4 is 0 Å². The Morgan fingerprint density at radius 3 is 2.29 bits per heavy atom. The molecule has 0 aliphatic carbocycles. The first-order chi connectivity index (χ1) is 10.0. The summed E-state index contributed by atoms with van der Waals surface area (Å²) in [6.07, 6.45) is 1.16. The molecule has 2 heterocycles. The van der Waals surface area contributed by atoms with Crippen molar-refractivity contribution in [3.63, 3.8) is 0 Å². The minimum absolute atomic E-state index is 0.326. The van der Waals surface area contributed by atoms with E-state index in [2.05, 4.69) is 50.1 Å². The predicted molar refractivity (Wildman–Crippen MR) is 82.3 cm³/mol. The Hall–Kier alpha value is -1.01. The molecular weight excluding hydrogens is 264 g/mol. The minimum Gasteiger partial charge on any atom is -0.326 e. The molecule has 0 spiro atoms. The molecule has 0 aromatic carbocycles. The van der Waals surface area contributed by atoms with Crippen molar-refractivity contribution < 1.29 is 9.80 Å². The van der Waals surface area contributed by atoms with E-state index < -0.39 is 0 Å². The largest absolute Gasteiger partial charge is 0.326 e. The highest BCUT2D eigenvalue weighted by Gasteiger charge is 2.34. The number of hydrogen-bond donors (Lipinski definition) is 2. The van der Waals surface area contributed by atoms with E-state index >= 15 is 0 Å². The summed E-state index contributed by atoms with van der Waals surface area (Å²) in [5.41, 5.74) is 0. The fourth-order valence-electron chi connectivity index (χ4n) is 3.35. The van der Waals surface area contributed by atoms with Crippen LogP contribution in [0.5, 0.6) is 0 Å². The lowest BCUT2D eigenvalue weighted by Gasteiger charge is -2.34. The lowest BCUT2D eigenvalue weighted by Crippen LogP contribution is -3.28. The van der Waals surface area contributed by atoms with E-state index in [-0.39, 0.29) is 0 Å². The van der Waals surface area contributed by atoms with Gasteiger partial charge in [0.05, 0.1) is 12.6 Å². The second kappa shape index (κ2) is 7.31. The standard InChI is InChI=1S/C15H30N6/c1-6-19-7-9-20(10-8-19)14(11-12(2)3)15-16-17-18-21(15)13(4)5/h12-14H,6-11H2,1-5H3/p+2/t14-/m1/s1. The molecule has 1 aromatic rings. The van der Waals surface area contributed by atoms with Gasteiger partial charge in [-0.3, -0.25) is 0 Å². The lowest BCUT2D eigenvalue weighted by atomic mass is 10.0. The van der Waals surface area contributed by atoms with Crippen LogP contribution in [0, 0.1) is 5.92 Å². The van der Waals surface area contributed by atoms with Crippen LogP contribution in [0.1, 0.15) is 58.9 Å². The summed E-state index contributed by atoms with van der Waals surface area (Å²) in [6, 6.07) is 0.757. The molecule has 1 saturated heterocycles. The normalized spacial score (nSPS) is 24.7. The summed E-state index contributed by atoms with van der Waals surface area (Å²) in [7, 11) is 0. The highest BCUT2D eigenvalue weighted by molar-refractivity contribution is 4.89. The van der Waals surface area contributed by atoms with Gasteiger partial charge in [-0.1, -0.05) is 13.8 Å². The van der Waals surface area contributed by atoms with Gasteiger partial charge in [-0.2, -0.15) is 0 Å². The molecule has 1 aromatic heterocycles. The van der Waals surface area contributed by atoms with E-state index in [1.165, 1.54) is 32.7 Å². The number of tetrazole rings is 1. The van der Waals surface area contributed by atoms with Gasteiger partial charge in [0.25, 0.3) is 0 Å². The number of aromatic nitrogens is 4. The number of hydrogen-bond acceptors (Lipinski definition) is 3. The van der Waals surface area contributed by atoms with Gasteiger partial charge < -0.3 is 9.80 Å². The summed E-state index contributed by atoms with van der Waals surface area (Å²) < 4.78 is 2.01. The monoisotopic (exact) mass is 296 g/mol. The Balaban J connectivity index is 2.16. The van der Waals surface area contributed by atoms with Gasteiger partial charge in [0, 0.05) is 6.42 Å². The van der Waals surface area contributed by atoms with Crippen molar-refractivity contribution in [2.75, 3.05) is 32.7 Å². The van der Waals surface area contributed by atoms with Crippen LogP contribution in [0.25, 0.3) is 0 Å². The van der Waals surface area contributed by atoms with E-state index in [4.69, 9.17) is 0 Å². The minimum atomic E-state index is 0.326. The topological polar surface area (TPSA) is 52.5 Å². The number of nitrogens with one attached hydrogen (secondary N) is 2. The molecule has 6 heteroatoms. The molecule has 0 saturated carbocycles. The number of rotatable bonds is 6. The summed E-state index contributed by atoms with van der Waals surface area (Å²) in [6.45, 7) is 17.4. The summed E-state index contributed by atoms with van der Waals surface area (Å²) in [5, 5.41) is 12.5. The van der Waals surface area contributed by atoms with Gasteiger partial charge in [-0.15, -0.1) is 5.10 Å². The van der Waals surface area contributed by atoms with Crippen molar-refractivity contribution in [1.82, 2.24) is 20.2 Å². The molecule has 1 fully saturated rings. The first kappa shape index (κ1) is 16.4. The van der Waals surface area contributed by atoms with Gasteiger partial charge in [-0.05, 0) is 37.1 Å². The van der Waals surface area contributed by atoms with E-state index in [0.717, 1.165) is 12.2 Å². The maximum absolute atomic E-state index is 4.38. The highest BCUT2D eigenvalue weighted by Crippen LogP contribution is 2.18. The fraction of sp³-hybridized carbons (Fsp3) is 0.933. The zero-order chi connectivity index (χ0) is 15.4. The molecular formula is C15H32N6+2. The zero-order valence-corrected chi connectivity index (χ0v) is 14.3. The van der Waals surface area contributed by atoms with Crippen LogP contribution >= 0.6 is 0 Å². The Morgan fingerprint density at radius 2 is 1.76 bits per heavy atom. The molecule has 0 radical (unpaired) electrons. The first-order valence-electron chi connectivity index (χ1n) is 8.48. The summed E-state index contributed by atoms with van der Waals surface area (Å²) in [4.78, 5) is 3.39. The SMILES string of the molecule is CC[NH+]1CC[NH+]([C@H](CC(C)C)c2nnnn2C(C)C)CC1. The Labute approximate surface area is 128 Å². The Morgan fingerprint density at radius 1 is 1.10 bits per heavy atom. The van der Waals surface area contributed by atoms with E-state index in [0.29, 0.717) is 18.0 Å². The van der Waals surface area contributed by atoms with Crippen LogP contribution in [-0.4, -0.2) is 52.9 Å². The zero-order valence-electron chi connectivity index (χ0n) is 14.3. The van der Waals surface area contributed by atoms with Crippen molar-refractivity contribution in [2.24, 2.45) is 5.92 Å². The van der Waals surface area contributed by atoms with Crippen molar-refractivity contribution in [3.8, 4) is 0 Å². The molecule has 1 aliphatic heterocycles. The van der Waals surface area contributed by atoms with Gasteiger partial charge in [0.1, 0.15) is 26.2 Å². The Kier molecular flexibility index (Phi) is 5.70. The average molecular weight is 296 g/mol. The average Bonchev–Trinajstić information content (AvgIpc) is 2.94. The molecule has 1 atom stereocenters. The maximum atomic E-state index is 4.38. The van der Waals surface area contributed by atoms with Crippen molar-refractivity contribution in [3.05, 3.63) is 5.82 Å². The van der Waals surface area contributed by atoms with Crippen LogP contribution < -0.4 is 9.80 Å². The highest BCUT2D eigenvalue weighted by atomic mass is 15.6. The second-order valence-electron chi connectivity index (χ2n) is 7.02. The van der Waals surface area contributed by atoms with Crippen molar-refractivity contribution in [2.45, 2.75) is 53.1 Å². The number of nitrogens with zero attached hydrogens (tertiary/aromatic N) is 4. The summed E-state index contributed by atoms with van der Waals surface area (Å²) >= 11 is 0. The summed E-state index contributed by atoms with van der Waals surface area (Å²) in [5.74, 6) is 1.74.